The molecule has 0 unspecified atom stereocenters. The summed E-state index contributed by atoms with van der Waals surface area (Å²) in [5.74, 6) is 0. The molecule has 0 radical (unpaired) electrons. The van der Waals surface area contributed by atoms with Crippen molar-refractivity contribution in [1.82, 2.24) is 5.32 Å². The largest absolute Gasteiger partial charge is 0.444 e. The molecule has 0 aliphatic heterocycles. The normalized spacial score (nSPS) is 28.7. The second-order valence-electron chi connectivity index (χ2n) is 7.20. The molecule has 1 rings (SSSR count). The van der Waals surface area contributed by atoms with E-state index in [1.54, 1.807) is 0 Å². The minimum Gasteiger partial charge on any atom is -0.444 e. The van der Waals surface area contributed by atoms with Crippen molar-refractivity contribution in [2.75, 3.05) is 0 Å². The summed E-state index contributed by atoms with van der Waals surface area (Å²) in [4.78, 5) is 11.8. The molecule has 1 saturated carbocycles. The van der Waals surface area contributed by atoms with E-state index in [4.69, 9.17) is 10.5 Å². The van der Waals surface area contributed by atoms with Gasteiger partial charge in [0.15, 0.2) is 0 Å². The number of hydrogen-bond donors (Lipinski definition) is 2. The van der Waals surface area contributed by atoms with Crippen molar-refractivity contribution >= 4 is 18.5 Å². The Labute approximate surface area is 116 Å². The molecule has 108 valence electrons. The maximum Gasteiger partial charge on any atom is 0.407 e. The van der Waals surface area contributed by atoms with E-state index >= 15 is 0 Å². The number of halogens is 1. The first-order valence-electron chi connectivity index (χ1n) is 6.14. The van der Waals surface area contributed by atoms with Crippen LogP contribution in [-0.4, -0.2) is 23.8 Å². The van der Waals surface area contributed by atoms with E-state index < -0.39 is 5.60 Å². The standard InChI is InChI=1S/C13H26N2O2.ClH/c1-11(2,3)17-10(16)15-9-12(4,5)8(14)13(9,6)7;/h8-9H,14H2,1-7H3,(H,15,16);1H. The van der Waals surface area contributed by atoms with Crippen molar-refractivity contribution in [1.29, 1.82) is 0 Å². The first-order valence-corrected chi connectivity index (χ1v) is 6.14. The van der Waals surface area contributed by atoms with Crippen LogP contribution < -0.4 is 11.1 Å². The van der Waals surface area contributed by atoms with Crippen molar-refractivity contribution in [2.45, 2.75) is 66.2 Å². The van der Waals surface area contributed by atoms with Gasteiger partial charge in [-0.2, -0.15) is 0 Å². The Morgan fingerprint density at radius 1 is 1.17 bits per heavy atom. The van der Waals surface area contributed by atoms with Gasteiger partial charge in [0.05, 0.1) is 0 Å². The number of hydrogen-bond acceptors (Lipinski definition) is 3. The molecule has 1 aliphatic carbocycles. The van der Waals surface area contributed by atoms with Crippen LogP contribution in [0.25, 0.3) is 0 Å². The van der Waals surface area contributed by atoms with Crippen LogP contribution in [0.4, 0.5) is 4.79 Å². The Balaban J connectivity index is 0.00000289. The second-order valence-corrected chi connectivity index (χ2v) is 7.20. The molecule has 0 heterocycles. The summed E-state index contributed by atoms with van der Waals surface area (Å²) in [6.07, 6.45) is -0.365. The Morgan fingerprint density at radius 2 is 1.56 bits per heavy atom. The minimum atomic E-state index is -0.468. The molecule has 0 aromatic rings. The van der Waals surface area contributed by atoms with E-state index in [2.05, 4.69) is 33.0 Å². The number of rotatable bonds is 1. The van der Waals surface area contributed by atoms with Crippen LogP contribution in [0.15, 0.2) is 0 Å². The van der Waals surface area contributed by atoms with Gasteiger partial charge in [-0.25, -0.2) is 4.79 Å². The lowest BCUT2D eigenvalue weighted by molar-refractivity contribution is -0.0729. The van der Waals surface area contributed by atoms with E-state index in [-0.39, 0.29) is 41.4 Å². The van der Waals surface area contributed by atoms with Crippen LogP contribution in [0.1, 0.15) is 48.5 Å². The summed E-state index contributed by atoms with van der Waals surface area (Å²) >= 11 is 0. The molecule has 4 nitrogen and oxygen atoms in total. The molecule has 0 aromatic carbocycles. The lowest BCUT2D eigenvalue weighted by atomic mass is 9.48. The van der Waals surface area contributed by atoms with Crippen molar-refractivity contribution in [3.05, 3.63) is 0 Å². The number of nitrogens with one attached hydrogen (secondary N) is 1. The summed E-state index contributed by atoms with van der Waals surface area (Å²) in [5, 5.41) is 2.94. The number of amides is 1. The summed E-state index contributed by atoms with van der Waals surface area (Å²) in [5.41, 5.74) is 5.47. The van der Waals surface area contributed by atoms with E-state index in [1.807, 2.05) is 20.8 Å². The van der Waals surface area contributed by atoms with E-state index in [0.29, 0.717) is 0 Å². The SMILES string of the molecule is CC(C)(C)OC(=O)NC1C(C)(C)C(N)C1(C)C.Cl. The molecule has 0 saturated heterocycles. The molecule has 18 heavy (non-hydrogen) atoms. The van der Waals surface area contributed by atoms with Crippen molar-refractivity contribution in [3.8, 4) is 0 Å². The molecular weight excluding hydrogens is 252 g/mol. The number of carbonyl (C=O) groups excluding carboxylic acids is 1. The van der Waals surface area contributed by atoms with Gasteiger partial charge in [-0.3, -0.25) is 0 Å². The van der Waals surface area contributed by atoms with E-state index in [0.717, 1.165) is 0 Å². The minimum absolute atomic E-state index is 0. The van der Waals surface area contributed by atoms with Crippen molar-refractivity contribution < 1.29 is 9.53 Å². The van der Waals surface area contributed by atoms with E-state index in [9.17, 15) is 4.79 Å². The molecule has 5 heteroatoms. The lowest BCUT2D eigenvalue weighted by Gasteiger charge is -2.62. The molecule has 3 N–H and O–H groups in total. The fourth-order valence-corrected chi connectivity index (χ4v) is 2.98. The van der Waals surface area contributed by atoms with Gasteiger partial charge in [0.1, 0.15) is 5.60 Å². The Hall–Kier alpha value is -0.480. The molecule has 0 spiro atoms. The number of carbonyl (C=O) groups is 1. The lowest BCUT2D eigenvalue weighted by Crippen LogP contribution is -2.76. The van der Waals surface area contributed by atoms with Crippen LogP contribution in [0.3, 0.4) is 0 Å². The Morgan fingerprint density at radius 3 is 1.89 bits per heavy atom. The highest BCUT2D eigenvalue weighted by Crippen LogP contribution is 2.52. The van der Waals surface area contributed by atoms with Gasteiger partial charge < -0.3 is 15.8 Å². The maximum absolute atomic E-state index is 11.8. The monoisotopic (exact) mass is 278 g/mol. The fourth-order valence-electron chi connectivity index (χ4n) is 2.98. The molecule has 0 bridgehead atoms. The van der Waals surface area contributed by atoms with Crippen LogP contribution in [0.2, 0.25) is 0 Å². The van der Waals surface area contributed by atoms with Crippen LogP contribution >= 0.6 is 12.4 Å². The van der Waals surface area contributed by atoms with Gasteiger partial charge in [0.2, 0.25) is 0 Å². The average molecular weight is 279 g/mol. The molecule has 0 atom stereocenters. The molecule has 1 amide bonds. The van der Waals surface area contributed by atoms with Crippen molar-refractivity contribution in [2.24, 2.45) is 16.6 Å². The third-order valence-electron chi connectivity index (χ3n) is 3.75. The highest BCUT2D eigenvalue weighted by molar-refractivity contribution is 5.85. The fraction of sp³-hybridized carbons (Fsp3) is 0.923. The topological polar surface area (TPSA) is 64.3 Å². The summed E-state index contributed by atoms with van der Waals surface area (Å²) < 4.78 is 5.28. The second kappa shape index (κ2) is 4.89. The molecular formula is C13H27ClN2O2. The van der Waals surface area contributed by atoms with Gasteiger partial charge in [-0.1, -0.05) is 27.7 Å². The zero-order chi connectivity index (χ0) is 13.6. The third kappa shape index (κ3) is 3.09. The predicted molar refractivity (Wildman–Crippen MR) is 75.9 cm³/mol. The maximum atomic E-state index is 11.8. The molecule has 1 fully saturated rings. The smallest absolute Gasteiger partial charge is 0.407 e. The van der Waals surface area contributed by atoms with Gasteiger partial charge in [0.25, 0.3) is 0 Å². The summed E-state index contributed by atoms with van der Waals surface area (Å²) in [7, 11) is 0. The quantitative estimate of drug-likeness (QED) is 0.775. The zero-order valence-corrected chi connectivity index (χ0v) is 13.3. The first-order chi connectivity index (χ1) is 7.39. The third-order valence-corrected chi connectivity index (χ3v) is 3.75. The van der Waals surface area contributed by atoms with Crippen molar-refractivity contribution in [3.63, 3.8) is 0 Å². The number of alkyl carbamates (subject to hydrolysis) is 1. The Bertz CT molecular complexity index is 305. The van der Waals surface area contributed by atoms with E-state index in [1.165, 1.54) is 0 Å². The van der Waals surface area contributed by atoms with Gasteiger partial charge in [-0.15, -0.1) is 12.4 Å². The van der Waals surface area contributed by atoms with Crippen LogP contribution in [-0.2, 0) is 4.74 Å². The van der Waals surface area contributed by atoms with Gasteiger partial charge in [0, 0.05) is 22.9 Å². The highest BCUT2D eigenvalue weighted by atomic mass is 35.5. The first kappa shape index (κ1) is 17.5. The Kier molecular flexibility index (Phi) is 4.76. The predicted octanol–water partition coefficient (Wildman–Crippen LogP) is 2.69. The molecule has 1 aliphatic rings. The number of nitrogens with two attached hydrogens (primary N) is 1. The molecule has 0 aromatic heterocycles. The van der Waals surface area contributed by atoms with Gasteiger partial charge >= 0.3 is 6.09 Å². The summed E-state index contributed by atoms with van der Waals surface area (Å²) in [6.45, 7) is 13.9. The van der Waals surface area contributed by atoms with Crippen LogP contribution in [0.5, 0.6) is 0 Å². The van der Waals surface area contributed by atoms with Gasteiger partial charge in [-0.05, 0) is 20.8 Å². The van der Waals surface area contributed by atoms with Crippen LogP contribution in [0, 0.1) is 10.8 Å². The highest BCUT2D eigenvalue weighted by Gasteiger charge is 2.60. The zero-order valence-electron chi connectivity index (χ0n) is 12.5. The average Bonchev–Trinajstić information content (AvgIpc) is 2.09. The number of ether oxygens (including phenoxy) is 1. The summed E-state index contributed by atoms with van der Waals surface area (Å²) in [6, 6.07) is 0.120.